The minimum Gasteiger partial charge on any atom is -0.423 e. The molecule has 0 bridgehead atoms. The molecule has 0 aromatic heterocycles. The fourth-order valence-electron chi connectivity index (χ4n) is 3.54. The van der Waals surface area contributed by atoms with Crippen LogP contribution in [-0.4, -0.2) is 20.2 Å². The van der Waals surface area contributed by atoms with Crippen LogP contribution in [0.2, 0.25) is 0 Å². The van der Waals surface area contributed by atoms with Gasteiger partial charge in [-0.05, 0) is 41.1 Å². The number of nitrogens with zero attached hydrogens (tertiary/aromatic N) is 1. The molecular formula is C24H16N2O4S. The molecule has 0 saturated heterocycles. The van der Waals surface area contributed by atoms with Crippen molar-refractivity contribution in [3.05, 3.63) is 102 Å². The van der Waals surface area contributed by atoms with Gasteiger partial charge in [0.1, 0.15) is 10.6 Å². The lowest BCUT2D eigenvalue weighted by Crippen LogP contribution is -2.12. The van der Waals surface area contributed by atoms with E-state index in [1.807, 2.05) is 36.4 Å². The van der Waals surface area contributed by atoms with Gasteiger partial charge in [-0.1, -0.05) is 54.6 Å². The number of sulfonamides is 1. The van der Waals surface area contributed by atoms with Gasteiger partial charge in [0.05, 0.1) is 5.56 Å². The van der Waals surface area contributed by atoms with E-state index >= 15 is 0 Å². The quantitative estimate of drug-likeness (QED) is 0.380. The summed E-state index contributed by atoms with van der Waals surface area (Å²) in [5.41, 5.74) is 1.52. The van der Waals surface area contributed by atoms with Crippen molar-refractivity contribution in [1.82, 2.24) is 0 Å². The number of nitrogens with one attached hydrogen (secondary N) is 1. The van der Waals surface area contributed by atoms with Crippen LogP contribution in [0.1, 0.15) is 15.9 Å². The van der Waals surface area contributed by atoms with Crippen molar-refractivity contribution in [2.24, 2.45) is 4.40 Å². The van der Waals surface area contributed by atoms with Crippen LogP contribution in [0.4, 0.5) is 5.69 Å². The molecule has 4 aromatic rings. The molecule has 1 aliphatic rings. The SMILES string of the molecule is O=C(Oc1cccc(NC2=NS(=O)(=O)c3ccccc32)c1)c1cccc2ccccc12. The summed E-state index contributed by atoms with van der Waals surface area (Å²) in [4.78, 5) is 13.0. The number of ether oxygens (including phenoxy) is 1. The predicted molar refractivity (Wildman–Crippen MR) is 119 cm³/mol. The molecule has 7 heteroatoms. The molecule has 0 aliphatic carbocycles. The van der Waals surface area contributed by atoms with E-state index < -0.39 is 16.0 Å². The zero-order valence-electron chi connectivity index (χ0n) is 16.1. The first kappa shape index (κ1) is 19.0. The normalized spacial score (nSPS) is 14.0. The topological polar surface area (TPSA) is 84.8 Å². The van der Waals surface area contributed by atoms with Crippen LogP contribution < -0.4 is 10.1 Å². The zero-order chi connectivity index (χ0) is 21.4. The molecule has 0 saturated carbocycles. The van der Waals surface area contributed by atoms with Gasteiger partial charge >= 0.3 is 5.97 Å². The van der Waals surface area contributed by atoms with E-state index in [2.05, 4.69) is 9.71 Å². The summed E-state index contributed by atoms with van der Waals surface area (Å²) in [6.07, 6.45) is 0. The molecule has 1 aliphatic heterocycles. The van der Waals surface area contributed by atoms with Gasteiger partial charge < -0.3 is 10.1 Å². The second kappa shape index (κ2) is 7.37. The van der Waals surface area contributed by atoms with Crippen molar-refractivity contribution in [3.8, 4) is 5.75 Å². The Kier molecular flexibility index (Phi) is 4.52. The average molecular weight is 428 g/mol. The predicted octanol–water partition coefficient (Wildman–Crippen LogP) is 4.62. The second-order valence-corrected chi connectivity index (χ2v) is 8.55. The highest BCUT2D eigenvalue weighted by Crippen LogP contribution is 2.28. The average Bonchev–Trinajstić information content (AvgIpc) is 3.03. The summed E-state index contributed by atoms with van der Waals surface area (Å²) < 4.78 is 33.9. The lowest BCUT2D eigenvalue weighted by molar-refractivity contribution is 0.0737. The molecule has 6 nitrogen and oxygen atoms in total. The third-order valence-electron chi connectivity index (χ3n) is 4.95. The lowest BCUT2D eigenvalue weighted by Gasteiger charge is -2.10. The Morgan fingerprint density at radius 2 is 1.58 bits per heavy atom. The van der Waals surface area contributed by atoms with Crippen molar-refractivity contribution in [2.45, 2.75) is 4.90 Å². The van der Waals surface area contributed by atoms with E-state index in [4.69, 9.17) is 4.74 Å². The van der Waals surface area contributed by atoms with Crippen molar-refractivity contribution in [3.63, 3.8) is 0 Å². The highest BCUT2D eigenvalue weighted by atomic mass is 32.2. The number of hydrogen-bond donors (Lipinski definition) is 1. The number of amidine groups is 1. The molecule has 0 spiro atoms. The van der Waals surface area contributed by atoms with Crippen LogP contribution in [0.25, 0.3) is 10.8 Å². The highest BCUT2D eigenvalue weighted by molar-refractivity contribution is 7.90. The molecule has 1 heterocycles. The fraction of sp³-hybridized carbons (Fsp3) is 0. The van der Waals surface area contributed by atoms with E-state index in [-0.39, 0.29) is 10.7 Å². The maximum Gasteiger partial charge on any atom is 0.344 e. The minimum atomic E-state index is -3.72. The summed E-state index contributed by atoms with van der Waals surface area (Å²) in [5.74, 6) is 0.0888. The second-order valence-electron chi connectivity index (χ2n) is 6.98. The fourth-order valence-corrected chi connectivity index (χ4v) is 4.71. The zero-order valence-corrected chi connectivity index (χ0v) is 17.0. The Balaban J connectivity index is 1.41. The van der Waals surface area contributed by atoms with Crippen LogP contribution in [-0.2, 0) is 10.0 Å². The number of fused-ring (bicyclic) bond motifs is 2. The number of carbonyl (C=O) groups excluding carboxylic acids is 1. The van der Waals surface area contributed by atoms with Gasteiger partial charge in [0.2, 0.25) is 0 Å². The molecule has 31 heavy (non-hydrogen) atoms. The molecule has 152 valence electrons. The Hall–Kier alpha value is -3.97. The molecule has 0 unspecified atom stereocenters. The molecule has 0 atom stereocenters. The van der Waals surface area contributed by atoms with E-state index in [9.17, 15) is 13.2 Å². The number of carbonyl (C=O) groups is 1. The number of benzene rings is 4. The van der Waals surface area contributed by atoms with Crippen molar-refractivity contribution >= 4 is 38.3 Å². The van der Waals surface area contributed by atoms with E-state index in [0.29, 0.717) is 22.6 Å². The third-order valence-corrected chi connectivity index (χ3v) is 6.28. The number of esters is 1. The highest BCUT2D eigenvalue weighted by Gasteiger charge is 2.28. The lowest BCUT2D eigenvalue weighted by atomic mass is 10.0. The maximum absolute atomic E-state index is 12.8. The van der Waals surface area contributed by atoms with Gasteiger partial charge in [-0.2, -0.15) is 8.42 Å². The van der Waals surface area contributed by atoms with Crippen LogP contribution in [0.15, 0.2) is 100 Å². The number of hydrogen-bond acceptors (Lipinski definition) is 5. The molecule has 0 amide bonds. The van der Waals surface area contributed by atoms with E-state index in [0.717, 1.165) is 10.8 Å². The summed E-state index contributed by atoms with van der Waals surface area (Å²) >= 11 is 0. The summed E-state index contributed by atoms with van der Waals surface area (Å²) in [5, 5.41) is 4.78. The summed E-state index contributed by atoms with van der Waals surface area (Å²) in [6.45, 7) is 0. The largest absolute Gasteiger partial charge is 0.423 e. The van der Waals surface area contributed by atoms with Crippen LogP contribution in [0.3, 0.4) is 0 Å². The third kappa shape index (κ3) is 3.55. The monoisotopic (exact) mass is 428 g/mol. The van der Waals surface area contributed by atoms with Gasteiger partial charge in [-0.25, -0.2) is 4.79 Å². The standard InChI is InChI=1S/C24H16N2O4S/c27-24(20-13-5-8-16-7-1-2-11-19(16)20)30-18-10-6-9-17(15-18)25-23-21-12-3-4-14-22(21)31(28,29)26-23/h1-15H,(H,25,26). The summed E-state index contributed by atoms with van der Waals surface area (Å²) in [6, 6.07) is 26.4. The number of rotatable bonds is 3. The Morgan fingerprint density at radius 3 is 2.48 bits per heavy atom. The van der Waals surface area contributed by atoms with Crippen molar-refractivity contribution < 1.29 is 17.9 Å². The van der Waals surface area contributed by atoms with Gasteiger partial charge in [0.25, 0.3) is 10.0 Å². The number of anilines is 1. The van der Waals surface area contributed by atoms with Gasteiger partial charge in [0.15, 0.2) is 5.84 Å². The summed E-state index contributed by atoms with van der Waals surface area (Å²) in [7, 11) is -3.72. The van der Waals surface area contributed by atoms with Gasteiger partial charge in [0, 0.05) is 17.3 Å². The van der Waals surface area contributed by atoms with Crippen molar-refractivity contribution in [1.29, 1.82) is 0 Å². The van der Waals surface area contributed by atoms with Crippen LogP contribution in [0, 0.1) is 0 Å². The van der Waals surface area contributed by atoms with Crippen LogP contribution in [0.5, 0.6) is 5.75 Å². The first-order valence-electron chi connectivity index (χ1n) is 9.53. The van der Waals surface area contributed by atoms with Gasteiger partial charge in [-0.3, -0.25) is 0 Å². The van der Waals surface area contributed by atoms with Gasteiger partial charge in [-0.15, -0.1) is 4.40 Å². The molecule has 4 aromatic carbocycles. The van der Waals surface area contributed by atoms with Crippen molar-refractivity contribution in [2.75, 3.05) is 5.32 Å². The molecular weight excluding hydrogens is 412 g/mol. The first-order valence-corrected chi connectivity index (χ1v) is 11.0. The smallest absolute Gasteiger partial charge is 0.344 e. The molecule has 0 fully saturated rings. The Labute approximate surface area is 178 Å². The molecule has 5 rings (SSSR count). The van der Waals surface area contributed by atoms with E-state index in [1.54, 1.807) is 48.5 Å². The Bertz CT molecular complexity index is 1470. The first-order chi connectivity index (χ1) is 15.0. The minimum absolute atomic E-state index is 0.163. The van der Waals surface area contributed by atoms with Crippen LogP contribution >= 0.6 is 0 Å². The molecule has 1 N–H and O–H groups in total. The maximum atomic E-state index is 12.8. The Morgan fingerprint density at radius 1 is 0.839 bits per heavy atom. The molecule has 0 radical (unpaired) electrons. The van der Waals surface area contributed by atoms with E-state index in [1.165, 1.54) is 6.07 Å².